The Balaban J connectivity index is 1.90. The third-order valence-corrected chi connectivity index (χ3v) is 2.66. The molecule has 0 spiro atoms. The second kappa shape index (κ2) is 7.35. The number of nitrogens with one attached hydrogen (secondary N) is 1. The zero-order valence-electron chi connectivity index (χ0n) is 11.1. The number of halogens is 1. The minimum Gasteiger partial charge on any atom is -0.489 e. The second-order valence-electron chi connectivity index (χ2n) is 4.22. The van der Waals surface area contributed by atoms with Crippen molar-refractivity contribution in [3.8, 4) is 5.75 Å². The Morgan fingerprint density at radius 2 is 2.05 bits per heavy atom. The number of nitrogens with two attached hydrogens (primary N) is 1. The molecule has 0 fully saturated rings. The lowest BCUT2D eigenvalue weighted by atomic mass is 10.1. The number of hydrogen-bond donors (Lipinski definition) is 2. The van der Waals surface area contributed by atoms with Crippen molar-refractivity contribution in [1.82, 2.24) is 5.43 Å². The van der Waals surface area contributed by atoms with E-state index in [1.807, 2.05) is 24.3 Å². The number of ether oxygens (including phenoxy) is 1. The Bertz CT molecular complexity index is 644. The van der Waals surface area contributed by atoms with Gasteiger partial charge in [-0.15, -0.1) is 0 Å². The lowest BCUT2D eigenvalue weighted by Crippen LogP contribution is -2.23. The van der Waals surface area contributed by atoms with Crippen molar-refractivity contribution >= 4 is 23.5 Å². The molecule has 2 aromatic rings. The van der Waals surface area contributed by atoms with Gasteiger partial charge in [-0.2, -0.15) is 5.10 Å². The highest BCUT2D eigenvalue weighted by molar-refractivity contribution is 7.80. The summed E-state index contributed by atoms with van der Waals surface area (Å²) in [7, 11) is 0. The van der Waals surface area contributed by atoms with Crippen molar-refractivity contribution in [2.45, 2.75) is 6.61 Å². The Morgan fingerprint density at radius 3 is 2.71 bits per heavy atom. The topological polar surface area (TPSA) is 59.6 Å². The molecule has 21 heavy (non-hydrogen) atoms. The van der Waals surface area contributed by atoms with Crippen molar-refractivity contribution in [1.29, 1.82) is 0 Å². The molecule has 108 valence electrons. The van der Waals surface area contributed by atoms with Gasteiger partial charge in [0, 0.05) is 6.07 Å². The molecule has 0 bridgehead atoms. The van der Waals surface area contributed by atoms with Gasteiger partial charge >= 0.3 is 0 Å². The van der Waals surface area contributed by atoms with Gasteiger partial charge in [0.2, 0.25) is 0 Å². The Hall–Kier alpha value is -2.47. The maximum absolute atomic E-state index is 13.0. The summed E-state index contributed by atoms with van der Waals surface area (Å²) in [6, 6.07) is 13.6. The SMILES string of the molecule is NC(=S)NN=Cc1ccc(COc2cccc(F)c2)cc1. The van der Waals surface area contributed by atoms with Crippen LogP contribution in [0.1, 0.15) is 11.1 Å². The van der Waals surface area contributed by atoms with Gasteiger partial charge < -0.3 is 10.5 Å². The molecule has 0 aromatic heterocycles. The van der Waals surface area contributed by atoms with Gasteiger partial charge in [0.25, 0.3) is 0 Å². The van der Waals surface area contributed by atoms with Crippen LogP contribution >= 0.6 is 12.2 Å². The van der Waals surface area contributed by atoms with Crippen LogP contribution in [0.5, 0.6) is 5.75 Å². The first-order valence-corrected chi connectivity index (χ1v) is 6.60. The van der Waals surface area contributed by atoms with Crippen LogP contribution in [0.2, 0.25) is 0 Å². The van der Waals surface area contributed by atoms with Crippen LogP contribution in [0, 0.1) is 5.82 Å². The molecule has 0 heterocycles. The van der Waals surface area contributed by atoms with Gasteiger partial charge in [0.15, 0.2) is 5.11 Å². The largest absolute Gasteiger partial charge is 0.489 e. The maximum atomic E-state index is 13.0. The van der Waals surface area contributed by atoms with Crippen LogP contribution in [0.4, 0.5) is 4.39 Å². The highest BCUT2D eigenvalue weighted by Gasteiger charge is 1.98. The van der Waals surface area contributed by atoms with E-state index >= 15 is 0 Å². The van der Waals surface area contributed by atoms with Gasteiger partial charge in [-0.3, -0.25) is 5.43 Å². The highest BCUT2D eigenvalue weighted by atomic mass is 32.1. The standard InChI is InChI=1S/C15H14FN3OS/c16-13-2-1-3-14(8-13)20-10-12-6-4-11(5-7-12)9-18-19-15(17)21/h1-9H,10H2,(H3,17,19,21). The van der Waals surface area contributed by atoms with E-state index in [1.54, 1.807) is 18.3 Å². The molecule has 0 amide bonds. The molecular formula is C15H14FN3OS. The first kappa shape index (κ1) is 14.9. The molecule has 0 saturated heterocycles. The van der Waals surface area contributed by atoms with E-state index in [0.717, 1.165) is 11.1 Å². The van der Waals surface area contributed by atoms with E-state index in [0.29, 0.717) is 12.4 Å². The predicted molar refractivity (Wildman–Crippen MR) is 84.7 cm³/mol. The average Bonchev–Trinajstić information content (AvgIpc) is 2.46. The molecule has 0 aliphatic carbocycles. The zero-order chi connectivity index (χ0) is 15.1. The highest BCUT2D eigenvalue weighted by Crippen LogP contribution is 2.14. The minimum atomic E-state index is -0.315. The monoisotopic (exact) mass is 303 g/mol. The predicted octanol–water partition coefficient (Wildman–Crippen LogP) is 2.57. The number of hydrazone groups is 1. The fraction of sp³-hybridized carbons (Fsp3) is 0.0667. The molecule has 0 aliphatic rings. The van der Waals surface area contributed by atoms with Crippen LogP contribution in [-0.4, -0.2) is 11.3 Å². The smallest absolute Gasteiger partial charge is 0.184 e. The van der Waals surface area contributed by atoms with Gasteiger partial charge in [0.1, 0.15) is 18.2 Å². The normalized spacial score (nSPS) is 10.5. The first-order chi connectivity index (χ1) is 10.1. The summed E-state index contributed by atoms with van der Waals surface area (Å²) in [5.74, 6) is 0.186. The van der Waals surface area contributed by atoms with Gasteiger partial charge in [-0.05, 0) is 35.5 Å². The maximum Gasteiger partial charge on any atom is 0.184 e. The third kappa shape index (κ3) is 5.19. The van der Waals surface area contributed by atoms with Crippen molar-refractivity contribution in [2.24, 2.45) is 10.8 Å². The number of rotatable bonds is 5. The quantitative estimate of drug-likeness (QED) is 0.506. The van der Waals surface area contributed by atoms with Gasteiger partial charge in [-0.25, -0.2) is 4.39 Å². The fourth-order valence-electron chi connectivity index (χ4n) is 1.59. The van der Waals surface area contributed by atoms with E-state index in [2.05, 4.69) is 22.7 Å². The van der Waals surface area contributed by atoms with Crippen LogP contribution in [0.15, 0.2) is 53.6 Å². The average molecular weight is 303 g/mol. The first-order valence-electron chi connectivity index (χ1n) is 6.19. The molecule has 4 nitrogen and oxygen atoms in total. The number of benzene rings is 2. The molecule has 0 saturated carbocycles. The molecule has 2 aromatic carbocycles. The van der Waals surface area contributed by atoms with Gasteiger partial charge in [-0.1, -0.05) is 30.3 Å². The zero-order valence-corrected chi connectivity index (χ0v) is 11.9. The van der Waals surface area contributed by atoms with Crippen molar-refractivity contribution in [3.63, 3.8) is 0 Å². The summed E-state index contributed by atoms with van der Waals surface area (Å²) >= 11 is 4.63. The summed E-state index contributed by atoms with van der Waals surface area (Å²) in [5, 5.41) is 3.98. The number of nitrogens with zero attached hydrogens (tertiary/aromatic N) is 1. The van der Waals surface area contributed by atoms with E-state index in [9.17, 15) is 4.39 Å². The number of hydrogen-bond acceptors (Lipinski definition) is 3. The van der Waals surface area contributed by atoms with E-state index in [1.165, 1.54) is 12.1 Å². The summed E-state index contributed by atoms with van der Waals surface area (Å²) in [6.45, 7) is 0.367. The Kier molecular flexibility index (Phi) is 5.22. The lowest BCUT2D eigenvalue weighted by Gasteiger charge is -2.06. The molecule has 6 heteroatoms. The molecule has 0 aliphatic heterocycles. The molecule has 3 N–H and O–H groups in total. The molecule has 2 rings (SSSR count). The van der Waals surface area contributed by atoms with Crippen molar-refractivity contribution in [3.05, 3.63) is 65.5 Å². The van der Waals surface area contributed by atoms with Crippen molar-refractivity contribution < 1.29 is 9.13 Å². The molecule has 0 unspecified atom stereocenters. The van der Waals surface area contributed by atoms with Gasteiger partial charge in [0.05, 0.1) is 6.21 Å². The second-order valence-corrected chi connectivity index (χ2v) is 4.66. The number of thiocarbonyl (C=S) groups is 1. The van der Waals surface area contributed by atoms with Crippen LogP contribution in [0.25, 0.3) is 0 Å². The molecule has 0 atom stereocenters. The molecular weight excluding hydrogens is 289 g/mol. The summed E-state index contributed by atoms with van der Waals surface area (Å²) < 4.78 is 18.5. The van der Waals surface area contributed by atoms with E-state index in [-0.39, 0.29) is 10.9 Å². The van der Waals surface area contributed by atoms with Crippen LogP contribution in [0.3, 0.4) is 0 Å². The molecule has 0 radical (unpaired) electrons. The fourth-order valence-corrected chi connectivity index (χ4v) is 1.65. The minimum absolute atomic E-state index is 0.117. The summed E-state index contributed by atoms with van der Waals surface area (Å²) in [4.78, 5) is 0. The van der Waals surface area contributed by atoms with Crippen LogP contribution in [-0.2, 0) is 6.61 Å². The Morgan fingerprint density at radius 1 is 1.29 bits per heavy atom. The lowest BCUT2D eigenvalue weighted by molar-refractivity contribution is 0.304. The Labute approximate surface area is 127 Å². The summed E-state index contributed by atoms with van der Waals surface area (Å²) in [5.41, 5.74) is 9.60. The third-order valence-electron chi connectivity index (χ3n) is 2.57. The summed E-state index contributed by atoms with van der Waals surface area (Å²) in [6.07, 6.45) is 1.61. The van der Waals surface area contributed by atoms with Crippen LogP contribution < -0.4 is 15.9 Å². The van der Waals surface area contributed by atoms with E-state index in [4.69, 9.17) is 10.5 Å². The van der Waals surface area contributed by atoms with Crippen molar-refractivity contribution in [2.75, 3.05) is 0 Å². The van der Waals surface area contributed by atoms with E-state index < -0.39 is 0 Å².